The maximum Gasteiger partial charge on any atom is 0.175 e. The number of benzene rings is 1. The van der Waals surface area contributed by atoms with Gasteiger partial charge in [-0.3, -0.25) is 0 Å². The third-order valence-electron chi connectivity index (χ3n) is 2.99. The lowest BCUT2D eigenvalue weighted by Gasteiger charge is -2.02. The first-order valence-electron chi connectivity index (χ1n) is 6.15. The molecule has 0 atom stereocenters. The second-order valence-electron chi connectivity index (χ2n) is 4.53. The van der Waals surface area contributed by atoms with E-state index < -0.39 is 9.84 Å². The number of hydrogen-bond donors (Lipinski definition) is 0. The van der Waals surface area contributed by atoms with Gasteiger partial charge in [0.1, 0.15) is 6.33 Å². The van der Waals surface area contributed by atoms with Crippen LogP contribution in [0.2, 0.25) is 0 Å². The van der Waals surface area contributed by atoms with Crippen LogP contribution in [0, 0.1) is 0 Å². The molecule has 0 unspecified atom stereocenters. The third kappa shape index (κ3) is 2.82. The van der Waals surface area contributed by atoms with Crippen molar-refractivity contribution in [2.24, 2.45) is 0 Å². The first-order chi connectivity index (χ1) is 10.0. The highest BCUT2D eigenvalue weighted by molar-refractivity contribution is 7.90. The number of nitrogens with zero attached hydrogens (tertiary/aromatic N) is 4. The van der Waals surface area contributed by atoms with Gasteiger partial charge in [0.2, 0.25) is 0 Å². The molecule has 0 aliphatic heterocycles. The Balaban J connectivity index is 1.94. The third-order valence-corrected chi connectivity index (χ3v) is 4.12. The van der Waals surface area contributed by atoms with Crippen LogP contribution in [0.5, 0.6) is 0 Å². The van der Waals surface area contributed by atoms with Gasteiger partial charge in [-0.05, 0) is 30.3 Å². The van der Waals surface area contributed by atoms with Crippen LogP contribution in [0.3, 0.4) is 0 Å². The summed E-state index contributed by atoms with van der Waals surface area (Å²) in [5.74, 6) is 0. The minimum Gasteiger partial charge on any atom is -0.245 e. The Morgan fingerprint density at radius 1 is 1.10 bits per heavy atom. The zero-order valence-electron chi connectivity index (χ0n) is 11.2. The van der Waals surface area contributed by atoms with Crippen molar-refractivity contribution < 1.29 is 8.42 Å². The molecule has 0 saturated carbocycles. The number of aromatic nitrogens is 4. The zero-order valence-corrected chi connectivity index (χ0v) is 12.0. The molecule has 0 radical (unpaired) electrons. The minimum absolute atomic E-state index is 0.287. The van der Waals surface area contributed by atoms with Gasteiger partial charge in [-0.2, -0.15) is 5.10 Å². The summed E-state index contributed by atoms with van der Waals surface area (Å²) in [5.41, 5.74) is 2.43. The van der Waals surface area contributed by atoms with E-state index in [1.54, 1.807) is 47.4 Å². The average Bonchev–Trinajstić information content (AvgIpc) is 2.97. The van der Waals surface area contributed by atoms with Gasteiger partial charge in [0, 0.05) is 24.2 Å². The molecule has 0 aliphatic carbocycles. The molecule has 0 aliphatic rings. The van der Waals surface area contributed by atoms with Crippen molar-refractivity contribution in [2.45, 2.75) is 4.90 Å². The molecule has 0 amide bonds. The van der Waals surface area contributed by atoms with E-state index in [0.717, 1.165) is 16.9 Å². The van der Waals surface area contributed by atoms with E-state index >= 15 is 0 Å². The van der Waals surface area contributed by atoms with Crippen LogP contribution in [-0.4, -0.2) is 34.4 Å². The van der Waals surface area contributed by atoms with Crippen molar-refractivity contribution in [1.82, 2.24) is 19.7 Å². The molecule has 21 heavy (non-hydrogen) atoms. The van der Waals surface area contributed by atoms with Gasteiger partial charge in [-0.25, -0.2) is 23.1 Å². The maximum atomic E-state index is 11.4. The molecule has 3 rings (SSSR count). The van der Waals surface area contributed by atoms with Crippen molar-refractivity contribution in [3.05, 3.63) is 55.2 Å². The normalized spacial score (nSPS) is 11.5. The summed E-state index contributed by atoms with van der Waals surface area (Å²) in [4.78, 5) is 8.32. The summed E-state index contributed by atoms with van der Waals surface area (Å²) < 4.78 is 24.5. The molecule has 2 aromatic heterocycles. The van der Waals surface area contributed by atoms with E-state index in [1.807, 2.05) is 6.20 Å². The van der Waals surface area contributed by atoms with Crippen LogP contribution in [0.25, 0.3) is 16.9 Å². The summed E-state index contributed by atoms with van der Waals surface area (Å²) in [6, 6.07) is 8.36. The molecule has 0 bridgehead atoms. The fraction of sp³-hybridized carbons (Fsp3) is 0.0714. The lowest BCUT2D eigenvalue weighted by atomic mass is 10.2. The molecule has 0 spiro atoms. The summed E-state index contributed by atoms with van der Waals surface area (Å²) in [7, 11) is -3.19. The quantitative estimate of drug-likeness (QED) is 0.736. The largest absolute Gasteiger partial charge is 0.245 e. The fourth-order valence-corrected chi connectivity index (χ4v) is 2.53. The van der Waals surface area contributed by atoms with E-state index in [9.17, 15) is 8.42 Å². The highest BCUT2D eigenvalue weighted by Gasteiger charge is 2.08. The predicted molar refractivity (Wildman–Crippen MR) is 77.7 cm³/mol. The van der Waals surface area contributed by atoms with Crippen LogP contribution >= 0.6 is 0 Å². The standard InChI is InChI=1S/C14H12N4O2S/c1-21(19,20)13-4-2-12(3-5-13)18-9-11(8-17-18)14-6-7-15-10-16-14/h2-10H,1H3. The van der Waals surface area contributed by atoms with E-state index in [1.165, 1.54) is 12.6 Å². The first-order valence-corrected chi connectivity index (χ1v) is 8.05. The van der Waals surface area contributed by atoms with Crippen molar-refractivity contribution in [1.29, 1.82) is 0 Å². The lowest BCUT2D eigenvalue weighted by Crippen LogP contribution is -1.99. The van der Waals surface area contributed by atoms with Gasteiger partial charge in [0.15, 0.2) is 9.84 Å². The topological polar surface area (TPSA) is 77.7 Å². The van der Waals surface area contributed by atoms with Gasteiger partial charge < -0.3 is 0 Å². The molecule has 7 heteroatoms. The van der Waals surface area contributed by atoms with E-state index in [0.29, 0.717) is 0 Å². The molecule has 6 nitrogen and oxygen atoms in total. The Morgan fingerprint density at radius 2 is 1.86 bits per heavy atom. The first kappa shape index (κ1) is 13.4. The molecule has 0 saturated heterocycles. The predicted octanol–water partition coefficient (Wildman–Crippen LogP) is 1.73. The van der Waals surface area contributed by atoms with Crippen LogP contribution in [0.1, 0.15) is 0 Å². The Labute approximate surface area is 122 Å². The van der Waals surface area contributed by atoms with Gasteiger partial charge in [-0.1, -0.05) is 0 Å². The molecule has 0 fully saturated rings. The molecule has 1 aromatic carbocycles. The Kier molecular flexibility index (Phi) is 3.26. The smallest absolute Gasteiger partial charge is 0.175 e. The van der Waals surface area contributed by atoms with Crippen molar-refractivity contribution in [3.63, 3.8) is 0 Å². The highest BCUT2D eigenvalue weighted by Crippen LogP contribution is 2.18. The monoisotopic (exact) mass is 300 g/mol. The maximum absolute atomic E-state index is 11.4. The summed E-state index contributed by atoms with van der Waals surface area (Å²) in [5, 5.41) is 4.26. The van der Waals surface area contributed by atoms with Gasteiger partial charge in [0.25, 0.3) is 0 Å². The van der Waals surface area contributed by atoms with Crippen molar-refractivity contribution in [2.75, 3.05) is 6.26 Å². The lowest BCUT2D eigenvalue weighted by molar-refractivity contribution is 0.602. The van der Waals surface area contributed by atoms with Gasteiger partial charge in [0.05, 0.1) is 22.5 Å². The molecule has 3 aromatic rings. The van der Waals surface area contributed by atoms with Crippen LogP contribution in [-0.2, 0) is 9.84 Å². The second-order valence-corrected chi connectivity index (χ2v) is 6.55. The van der Waals surface area contributed by atoms with E-state index in [-0.39, 0.29) is 4.90 Å². The van der Waals surface area contributed by atoms with Crippen LogP contribution in [0.4, 0.5) is 0 Å². The molecule has 106 valence electrons. The number of rotatable bonds is 3. The zero-order chi connectivity index (χ0) is 14.9. The number of sulfone groups is 1. The fourth-order valence-electron chi connectivity index (χ4n) is 1.90. The molecule has 2 heterocycles. The van der Waals surface area contributed by atoms with E-state index in [4.69, 9.17) is 0 Å². The van der Waals surface area contributed by atoms with Crippen molar-refractivity contribution >= 4 is 9.84 Å². The second kappa shape index (κ2) is 5.10. The average molecular weight is 300 g/mol. The van der Waals surface area contributed by atoms with Crippen LogP contribution in [0.15, 0.2) is 60.1 Å². The van der Waals surface area contributed by atoms with Gasteiger partial charge in [-0.15, -0.1) is 0 Å². The highest BCUT2D eigenvalue weighted by atomic mass is 32.2. The number of hydrogen-bond acceptors (Lipinski definition) is 5. The van der Waals surface area contributed by atoms with Crippen molar-refractivity contribution in [3.8, 4) is 16.9 Å². The SMILES string of the molecule is CS(=O)(=O)c1ccc(-n2cc(-c3ccncn3)cn2)cc1. The van der Waals surface area contributed by atoms with E-state index in [2.05, 4.69) is 15.1 Å². The Bertz CT molecular complexity index is 856. The summed E-state index contributed by atoms with van der Waals surface area (Å²) >= 11 is 0. The Morgan fingerprint density at radius 3 is 2.48 bits per heavy atom. The molecular weight excluding hydrogens is 288 g/mol. The molecule has 0 N–H and O–H groups in total. The molecular formula is C14H12N4O2S. The van der Waals surface area contributed by atoms with Gasteiger partial charge >= 0.3 is 0 Å². The van der Waals surface area contributed by atoms with Crippen LogP contribution < -0.4 is 0 Å². The Hall–Kier alpha value is -2.54. The summed E-state index contributed by atoms with van der Waals surface area (Å²) in [6.07, 6.45) is 7.86. The minimum atomic E-state index is -3.19. The summed E-state index contributed by atoms with van der Waals surface area (Å²) in [6.45, 7) is 0.